The predicted molar refractivity (Wildman–Crippen MR) is 106 cm³/mol. The lowest BCUT2D eigenvalue weighted by Gasteiger charge is -2.11. The third-order valence-electron chi connectivity index (χ3n) is 4.12. The van der Waals surface area contributed by atoms with Gasteiger partial charge in [0, 0.05) is 11.4 Å². The molecule has 3 N–H and O–H groups in total. The van der Waals surface area contributed by atoms with Gasteiger partial charge in [-0.05, 0) is 72.4 Å². The zero-order chi connectivity index (χ0) is 18.4. The summed E-state index contributed by atoms with van der Waals surface area (Å²) in [4.78, 5) is 13.1. The molecule has 0 aromatic heterocycles. The topological polar surface area (TPSA) is 53.2 Å². The van der Waals surface area contributed by atoms with Crippen LogP contribution in [0.5, 0.6) is 0 Å². The van der Waals surface area contributed by atoms with Crippen LogP contribution in [0, 0.1) is 5.82 Å². The molecule has 0 saturated carbocycles. The smallest absolute Gasteiger partial charge is 0.248 e. The van der Waals surface area contributed by atoms with Gasteiger partial charge >= 0.3 is 0 Å². The van der Waals surface area contributed by atoms with E-state index >= 15 is 0 Å². The lowest BCUT2D eigenvalue weighted by Crippen LogP contribution is -2.47. The highest BCUT2D eigenvalue weighted by Crippen LogP contribution is 2.27. The molecule has 0 radical (unpaired) electrons. The van der Waals surface area contributed by atoms with E-state index in [1.807, 2.05) is 0 Å². The van der Waals surface area contributed by atoms with E-state index in [1.165, 1.54) is 41.4 Å². The number of thiocarbonyl (C=S) groups is 1. The lowest BCUT2D eigenvalue weighted by molar-refractivity contribution is -0.119. The standard InChI is InChI=1S/C19H20FN3OS2/c20-16-7-4-13(5-8-16)11-21-19(25)23-22-18(24)12-26-17-9-6-14-2-1-3-15(14)10-17/h4-10H,1-3,11-12H2,(H,22,24)(H2,21,23,25). The Morgan fingerprint density at radius 3 is 2.65 bits per heavy atom. The molecule has 3 rings (SSSR count). The van der Waals surface area contributed by atoms with Gasteiger partial charge in [0.2, 0.25) is 5.91 Å². The second-order valence-corrected chi connectivity index (χ2v) is 7.51. The van der Waals surface area contributed by atoms with E-state index in [4.69, 9.17) is 12.2 Å². The third-order valence-corrected chi connectivity index (χ3v) is 5.36. The summed E-state index contributed by atoms with van der Waals surface area (Å²) in [5.74, 6) is -0.115. The van der Waals surface area contributed by atoms with E-state index in [2.05, 4.69) is 34.4 Å². The maximum Gasteiger partial charge on any atom is 0.248 e. The van der Waals surface area contributed by atoms with Gasteiger partial charge in [-0.25, -0.2) is 4.39 Å². The summed E-state index contributed by atoms with van der Waals surface area (Å²) in [6, 6.07) is 12.6. The Hall–Kier alpha value is -2.12. The summed E-state index contributed by atoms with van der Waals surface area (Å²) in [6.45, 7) is 0.450. The molecular formula is C19H20FN3OS2. The number of halogens is 1. The van der Waals surface area contributed by atoms with E-state index in [0.29, 0.717) is 17.4 Å². The molecular weight excluding hydrogens is 369 g/mol. The largest absolute Gasteiger partial charge is 0.357 e. The van der Waals surface area contributed by atoms with Gasteiger partial charge in [0.05, 0.1) is 5.75 Å². The number of aryl methyl sites for hydroxylation is 2. The molecule has 136 valence electrons. The van der Waals surface area contributed by atoms with Crippen LogP contribution in [0.1, 0.15) is 23.1 Å². The normalized spacial score (nSPS) is 12.3. The average molecular weight is 390 g/mol. The Morgan fingerprint density at radius 1 is 1.08 bits per heavy atom. The first kappa shape index (κ1) is 18.7. The molecule has 0 saturated heterocycles. The second-order valence-electron chi connectivity index (χ2n) is 6.06. The highest BCUT2D eigenvalue weighted by molar-refractivity contribution is 8.00. The first-order chi connectivity index (χ1) is 12.6. The van der Waals surface area contributed by atoms with Gasteiger partial charge < -0.3 is 5.32 Å². The molecule has 0 spiro atoms. The quantitative estimate of drug-likeness (QED) is 0.417. The fraction of sp³-hybridized carbons (Fsp3) is 0.263. The molecule has 2 aromatic carbocycles. The number of benzene rings is 2. The van der Waals surface area contributed by atoms with Gasteiger partial charge in [-0.15, -0.1) is 11.8 Å². The fourth-order valence-electron chi connectivity index (χ4n) is 2.78. The zero-order valence-electron chi connectivity index (χ0n) is 14.2. The van der Waals surface area contributed by atoms with E-state index in [-0.39, 0.29) is 11.7 Å². The van der Waals surface area contributed by atoms with Crippen LogP contribution in [0.3, 0.4) is 0 Å². The Morgan fingerprint density at radius 2 is 1.85 bits per heavy atom. The van der Waals surface area contributed by atoms with Crippen molar-refractivity contribution in [3.8, 4) is 0 Å². The van der Waals surface area contributed by atoms with Crippen molar-refractivity contribution in [2.75, 3.05) is 5.75 Å². The number of hydrazine groups is 1. The van der Waals surface area contributed by atoms with E-state index in [0.717, 1.165) is 23.3 Å². The molecule has 0 bridgehead atoms. The van der Waals surface area contributed by atoms with Crippen molar-refractivity contribution in [3.05, 3.63) is 65.0 Å². The number of hydrogen-bond acceptors (Lipinski definition) is 3. The van der Waals surface area contributed by atoms with Crippen LogP contribution >= 0.6 is 24.0 Å². The summed E-state index contributed by atoms with van der Waals surface area (Å²) in [5.41, 5.74) is 8.98. The monoisotopic (exact) mass is 389 g/mol. The molecule has 0 fully saturated rings. The minimum absolute atomic E-state index is 0.151. The number of carbonyl (C=O) groups is 1. The maximum absolute atomic E-state index is 12.8. The number of fused-ring (bicyclic) bond motifs is 1. The van der Waals surface area contributed by atoms with Gasteiger partial charge in [0.1, 0.15) is 5.82 Å². The number of thioether (sulfide) groups is 1. The summed E-state index contributed by atoms with van der Waals surface area (Å²) in [7, 11) is 0. The average Bonchev–Trinajstić information content (AvgIpc) is 3.12. The minimum atomic E-state index is -0.275. The first-order valence-corrected chi connectivity index (χ1v) is 9.81. The molecule has 7 heteroatoms. The van der Waals surface area contributed by atoms with Gasteiger partial charge in [-0.2, -0.15) is 0 Å². The highest BCUT2D eigenvalue weighted by atomic mass is 32.2. The van der Waals surface area contributed by atoms with Crippen LogP contribution in [0.25, 0.3) is 0 Å². The molecule has 0 heterocycles. The molecule has 4 nitrogen and oxygen atoms in total. The van der Waals surface area contributed by atoms with Gasteiger partial charge in [0.25, 0.3) is 0 Å². The van der Waals surface area contributed by atoms with Crippen LogP contribution in [-0.2, 0) is 24.2 Å². The van der Waals surface area contributed by atoms with Gasteiger partial charge in [0.15, 0.2) is 5.11 Å². The molecule has 1 aliphatic carbocycles. The lowest BCUT2D eigenvalue weighted by atomic mass is 10.1. The molecule has 0 unspecified atom stereocenters. The predicted octanol–water partition coefficient (Wildman–Crippen LogP) is 3.10. The van der Waals surface area contributed by atoms with Crippen molar-refractivity contribution in [2.45, 2.75) is 30.7 Å². The Labute approximate surface area is 161 Å². The van der Waals surface area contributed by atoms with E-state index in [9.17, 15) is 9.18 Å². The van der Waals surface area contributed by atoms with Crippen LogP contribution in [0.2, 0.25) is 0 Å². The summed E-state index contributed by atoms with van der Waals surface area (Å²) in [6.07, 6.45) is 3.51. The van der Waals surface area contributed by atoms with Crippen LogP contribution < -0.4 is 16.2 Å². The van der Waals surface area contributed by atoms with E-state index < -0.39 is 0 Å². The van der Waals surface area contributed by atoms with Crippen molar-refractivity contribution in [2.24, 2.45) is 0 Å². The van der Waals surface area contributed by atoms with Crippen LogP contribution in [0.4, 0.5) is 4.39 Å². The van der Waals surface area contributed by atoms with E-state index in [1.54, 1.807) is 12.1 Å². The maximum atomic E-state index is 12.8. The third kappa shape index (κ3) is 5.44. The van der Waals surface area contributed by atoms with Crippen molar-refractivity contribution >= 4 is 35.0 Å². The van der Waals surface area contributed by atoms with Crippen molar-refractivity contribution in [3.63, 3.8) is 0 Å². The highest BCUT2D eigenvalue weighted by Gasteiger charge is 2.11. The molecule has 2 aromatic rings. The van der Waals surface area contributed by atoms with Gasteiger partial charge in [-0.3, -0.25) is 15.6 Å². The Balaban J connectivity index is 1.35. The summed E-state index contributed by atoms with van der Waals surface area (Å²) < 4.78 is 12.8. The Bertz CT molecular complexity index is 796. The van der Waals surface area contributed by atoms with Crippen molar-refractivity contribution in [1.29, 1.82) is 0 Å². The van der Waals surface area contributed by atoms with Crippen molar-refractivity contribution < 1.29 is 9.18 Å². The fourth-order valence-corrected chi connectivity index (χ4v) is 3.66. The second kappa shape index (κ2) is 9.00. The molecule has 1 amide bonds. The van der Waals surface area contributed by atoms with Crippen molar-refractivity contribution in [1.82, 2.24) is 16.2 Å². The Kier molecular flexibility index (Phi) is 6.46. The molecule has 0 aliphatic heterocycles. The number of rotatable bonds is 5. The van der Waals surface area contributed by atoms with Gasteiger partial charge in [-0.1, -0.05) is 18.2 Å². The summed E-state index contributed by atoms with van der Waals surface area (Å²) in [5, 5.41) is 3.26. The molecule has 26 heavy (non-hydrogen) atoms. The minimum Gasteiger partial charge on any atom is -0.357 e. The first-order valence-electron chi connectivity index (χ1n) is 8.42. The SMILES string of the molecule is O=C(CSc1ccc2c(c1)CCC2)NNC(=S)NCc1ccc(F)cc1. The zero-order valence-corrected chi connectivity index (χ0v) is 15.8. The molecule has 1 aliphatic rings. The van der Waals surface area contributed by atoms with Crippen LogP contribution in [-0.4, -0.2) is 16.8 Å². The summed E-state index contributed by atoms with van der Waals surface area (Å²) >= 11 is 6.62. The number of hydrogen-bond donors (Lipinski definition) is 3. The van der Waals surface area contributed by atoms with Crippen LogP contribution in [0.15, 0.2) is 47.4 Å². The number of carbonyl (C=O) groups excluding carboxylic acids is 1. The molecule has 0 atom stereocenters. The number of amides is 1. The number of nitrogens with one attached hydrogen (secondary N) is 3.